The Kier molecular flexibility index (Phi) is 8.33. The van der Waals surface area contributed by atoms with Crippen molar-refractivity contribution in [3.05, 3.63) is 11.6 Å². The van der Waals surface area contributed by atoms with Crippen molar-refractivity contribution in [2.75, 3.05) is 26.2 Å². The number of piperidine rings is 1. The van der Waals surface area contributed by atoms with Crippen LogP contribution in [-0.4, -0.2) is 54.8 Å². The molecule has 2 heterocycles. The maximum atomic E-state index is 6.33. The molecule has 2 aliphatic carbocycles. The molecule has 2 saturated carbocycles. The quantitative estimate of drug-likeness (QED) is 0.413. The van der Waals surface area contributed by atoms with Gasteiger partial charge in [-0.25, -0.2) is 0 Å². The second kappa shape index (κ2) is 11.0. The van der Waals surface area contributed by atoms with Crippen molar-refractivity contribution in [3.63, 3.8) is 0 Å². The summed E-state index contributed by atoms with van der Waals surface area (Å²) in [6.45, 7) is 9.78. The van der Waals surface area contributed by atoms with Gasteiger partial charge in [-0.2, -0.15) is 0 Å². The Labute approximate surface area is 190 Å². The molecule has 1 N–H and O–H groups in total. The zero-order chi connectivity index (χ0) is 20.9. The van der Waals surface area contributed by atoms with Gasteiger partial charge in [0.15, 0.2) is 0 Å². The van der Waals surface area contributed by atoms with E-state index in [4.69, 9.17) is 16.6 Å². The van der Waals surface area contributed by atoms with Gasteiger partial charge < -0.3 is 10.2 Å². The van der Waals surface area contributed by atoms with E-state index in [0.717, 1.165) is 24.2 Å². The van der Waals surface area contributed by atoms with Crippen LogP contribution in [0, 0.1) is 23.7 Å². The molecule has 3 fully saturated rings. The van der Waals surface area contributed by atoms with E-state index in [-0.39, 0.29) is 0 Å². The Hall–Kier alpha value is -0.380. The number of aliphatic imine (C=N–C) groups is 1. The molecule has 1 saturated heterocycles. The highest BCUT2D eigenvalue weighted by molar-refractivity contribution is 6.20. The Balaban J connectivity index is 1.19. The first-order valence-corrected chi connectivity index (χ1v) is 13.3. The van der Waals surface area contributed by atoms with Crippen molar-refractivity contribution < 1.29 is 0 Å². The number of rotatable bonds is 7. The Morgan fingerprint density at radius 1 is 1.03 bits per heavy atom. The molecule has 2 aliphatic heterocycles. The van der Waals surface area contributed by atoms with Crippen LogP contribution >= 0.6 is 11.6 Å². The van der Waals surface area contributed by atoms with Crippen LogP contribution in [0.2, 0.25) is 0 Å². The van der Waals surface area contributed by atoms with Crippen LogP contribution in [-0.2, 0) is 0 Å². The van der Waals surface area contributed by atoms with Gasteiger partial charge in [-0.3, -0.25) is 4.99 Å². The van der Waals surface area contributed by atoms with E-state index < -0.39 is 0 Å². The van der Waals surface area contributed by atoms with Crippen LogP contribution in [0.1, 0.15) is 78.1 Å². The third kappa shape index (κ3) is 6.11. The van der Waals surface area contributed by atoms with Crippen molar-refractivity contribution in [1.82, 2.24) is 10.2 Å². The van der Waals surface area contributed by atoms with E-state index >= 15 is 0 Å². The van der Waals surface area contributed by atoms with Crippen LogP contribution < -0.4 is 5.32 Å². The Morgan fingerprint density at radius 3 is 2.50 bits per heavy atom. The number of hydrogen-bond donors (Lipinski definition) is 1. The number of likely N-dealkylation sites (tertiary alicyclic amines) is 1. The number of dihydropyridines is 1. The summed E-state index contributed by atoms with van der Waals surface area (Å²) in [7, 11) is 0. The molecule has 3 nitrogen and oxygen atoms in total. The third-order valence-electron chi connectivity index (χ3n) is 8.50. The maximum Gasteiger partial charge on any atom is 0.0705 e. The highest BCUT2D eigenvalue weighted by atomic mass is 35.5. The summed E-state index contributed by atoms with van der Waals surface area (Å²) in [6.07, 6.45) is 17.5. The highest BCUT2D eigenvalue weighted by Gasteiger charge is 2.31. The van der Waals surface area contributed by atoms with Gasteiger partial charge >= 0.3 is 0 Å². The maximum absolute atomic E-state index is 6.33. The average molecular weight is 434 g/mol. The second-order valence-corrected chi connectivity index (χ2v) is 11.5. The van der Waals surface area contributed by atoms with Crippen LogP contribution in [0.4, 0.5) is 0 Å². The molecule has 3 atom stereocenters. The number of nitrogens with zero attached hydrogens (tertiary/aromatic N) is 2. The first-order valence-electron chi connectivity index (χ1n) is 12.9. The molecule has 0 aromatic rings. The standard InChI is InChI=1S/C26H44ClN3/c1-19(2)26(29-17-20-5-10-25-23(16-20)4-3-13-28-25)18-30-14-11-22(12-15-30)21-6-8-24(27)9-7-21/h4,13,19-22,24-26,29H,3,5-12,14-18H2,1-2H3/t20?,21?,24?,25?,26-/m0/s1. The second-order valence-electron chi connectivity index (χ2n) is 10.9. The molecule has 0 spiro atoms. The first kappa shape index (κ1) is 22.8. The topological polar surface area (TPSA) is 27.6 Å². The summed E-state index contributed by atoms with van der Waals surface area (Å²) in [5.74, 6) is 3.40. The Bertz CT molecular complexity index is 585. The molecule has 4 heteroatoms. The lowest BCUT2D eigenvalue weighted by Gasteiger charge is -2.40. The van der Waals surface area contributed by atoms with E-state index in [0.29, 0.717) is 23.4 Å². The van der Waals surface area contributed by atoms with Crippen LogP contribution in [0.25, 0.3) is 0 Å². The van der Waals surface area contributed by atoms with Crippen molar-refractivity contribution in [1.29, 1.82) is 0 Å². The Morgan fingerprint density at radius 2 is 1.77 bits per heavy atom. The summed E-state index contributed by atoms with van der Waals surface area (Å²) >= 11 is 6.33. The fraction of sp³-hybridized carbons (Fsp3) is 0.885. The van der Waals surface area contributed by atoms with Crippen molar-refractivity contribution in [2.45, 2.75) is 95.5 Å². The molecule has 2 unspecified atom stereocenters. The molecule has 170 valence electrons. The van der Waals surface area contributed by atoms with Crippen LogP contribution in [0.3, 0.4) is 0 Å². The number of hydrogen-bond acceptors (Lipinski definition) is 3. The lowest BCUT2D eigenvalue weighted by molar-refractivity contribution is 0.112. The zero-order valence-corrected chi connectivity index (χ0v) is 20.1. The minimum atomic E-state index is 0.455. The number of fused-ring (bicyclic) bond motifs is 1. The molecule has 0 amide bonds. The number of halogens is 1. The number of nitrogens with one attached hydrogen (secondary N) is 1. The summed E-state index contributed by atoms with van der Waals surface area (Å²) in [5.41, 5.74) is 1.61. The molecule has 0 aromatic heterocycles. The minimum absolute atomic E-state index is 0.455. The van der Waals surface area contributed by atoms with E-state index in [1.165, 1.54) is 84.0 Å². The molecule has 4 rings (SSSR count). The van der Waals surface area contributed by atoms with E-state index in [1.54, 1.807) is 5.57 Å². The fourth-order valence-corrected chi connectivity index (χ4v) is 6.62. The van der Waals surface area contributed by atoms with Gasteiger partial charge in [0, 0.05) is 30.6 Å². The van der Waals surface area contributed by atoms with Gasteiger partial charge in [0.25, 0.3) is 0 Å². The molecular formula is C26H44ClN3. The van der Waals surface area contributed by atoms with Crippen molar-refractivity contribution >= 4 is 17.8 Å². The first-order chi connectivity index (χ1) is 14.6. The monoisotopic (exact) mass is 433 g/mol. The average Bonchev–Trinajstić information content (AvgIpc) is 2.77. The number of allylic oxidation sites excluding steroid dienone is 1. The normalized spacial score (nSPS) is 34.6. The van der Waals surface area contributed by atoms with Gasteiger partial charge in [0.2, 0.25) is 0 Å². The van der Waals surface area contributed by atoms with Crippen molar-refractivity contribution in [2.24, 2.45) is 28.7 Å². The fourth-order valence-electron chi connectivity index (χ4n) is 6.37. The van der Waals surface area contributed by atoms with Gasteiger partial charge in [-0.05, 0) is 107 Å². The minimum Gasteiger partial charge on any atom is -0.312 e. The van der Waals surface area contributed by atoms with Crippen LogP contribution in [0.5, 0.6) is 0 Å². The van der Waals surface area contributed by atoms with E-state index in [9.17, 15) is 0 Å². The molecule has 30 heavy (non-hydrogen) atoms. The van der Waals surface area contributed by atoms with Gasteiger partial charge in [-0.15, -0.1) is 11.6 Å². The smallest absolute Gasteiger partial charge is 0.0705 e. The van der Waals surface area contributed by atoms with Gasteiger partial charge in [-0.1, -0.05) is 19.9 Å². The number of alkyl halides is 1. The largest absolute Gasteiger partial charge is 0.312 e. The predicted molar refractivity (Wildman–Crippen MR) is 130 cm³/mol. The van der Waals surface area contributed by atoms with E-state index in [2.05, 4.69) is 36.4 Å². The summed E-state index contributed by atoms with van der Waals surface area (Å²) in [6, 6.07) is 1.13. The van der Waals surface area contributed by atoms with Gasteiger partial charge in [0.1, 0.15) is 0 Å². The molecule has 0 bridgehead atoms. The molecule has 4 aliphatic rings. The van der Waals surface area contributed by atoms with E-state index in [1.807, 2.05) is 0 Å². The lowest BCUT2D eigenvalue weighted by atomic mass is 9.75. The predicted octanol–water partition coefficient (Wildman–Crippen LogP) is 5.68. The highest BCUT2D eigenvalue weighted by Crippen LogP contribution is 2.37. The lowest BCUT2D eigenvalue weighted by Crippen LogP contribution is -2.48. The summed E-state index contributed by atoms with van der Waals surface area (Å²) < 4.78 is 0. The molecule has 0 radical (unpaired) electrons. The van der Waals surface area contributed by atoms with Crippen LogP contribution in [0.15, 0.2) is 16.6 Å². The SMILES string of the molecule is CC(C)[C@H](CN1CCC(C2CCC(Cl)CC2)CC1)NCC1CCC2N=CCC=C2C1. The van der Waals surface area contributed by atoms with Crippen molar-refractivity contribution in [3.8, 4) is 0 Å². The molecule has 0 aromatic carbocycles. The van der Waals surface area contributed by atoms with Gasteiger partial charge in [0.05, 0.1) is 6.04 Å². The summed E-state index contributed by atoms with van der Waals surface area (Å²) in [5, 5.41) is 4.44. The zero-order valence-electron chi connectivity index (χ0n) is 19.4. The summed E-state index contributed by atoms with van der Waals surface area (Å²) in [4.78, 5) is 7.45. The third-order valence-corrected chi connectivity index (χ3v) is 8.94. The molecular weight excluding hydrogens is 390 g/mol.